The van der Waals surface area contributed by atoms with E-state index in [-0.39, 0.29) is 11.9 Å². The minimum atomic E-state index is -0.390. The van der Waals surface area contributed by atoms with Crippen LogP contribution >= 0.6 is 0 Å². The third-order valence-electron chi connectivity index (χ3n) is 4.29. The average Bonchev–Trinajstić information content (AvgIpc) is 2.74. The zero-order valence-corrected chi connectivity index (χ0v) is 16.9. The maximum Gasteiger partial charge on any atom is 0.343 e. The van der Waals surface area contributed by atoms with Crippen LogP contribution in [0.2, 0.25) is 0 Å². The van der Waals surface area contributed by atoms with Crippen molar-refractivity contribution < 1.29 is 23.8 Å². The number of rotatable bonds is 12. The molecule has 29 heavy (non-hydrogen) atoms. The first kappa shape index (κ1) is 22.2. The van der Waals surface area contributed by atoms with Crippen LogP contribution in [0.3, 0.4) is 0 Å². The van der Waals surface area contributed by atoms with Crippen LogP contribution in [-0.2, 0) is 9.53 Å². The number of unbranched alkanes of at least 4 members (excludes halogenated alkanes) is 4. The SMILES string of the molecule is C=CC(=O)OCCCCCCCOc1ccc(C(=O)Oc2ccc(C)cc2)cc1. The number of carbonyl (C=O) groups is 2. The van der Waals surface area contributed by atoms with E-state index in [1.54, 1.807) is 36.4 Å². The Balaban J connectivity index is 1.60. The zero-order valence-electron chi connectivity index (χ0n) is 16.9. The van der Waals surface area contributed by atoms with Crippen molar-refractivity contribution >= 4 is 11.9 Å². The van der Waals surface area contributed by atoms with Gasteiger partial charge in [-0.1, -0.05) is 43.5 Å². The maximum absolute atomic E-state index is 12.2. The standard InChI is InChI=1S/C24H28O5/c1-3-23(25)28-18-8-6-4-5-7-17-27-21-15-11-20(12-16-21)24(26)29-22-13-9-19(2)10-14-22/h3,9-16H,1,4-8,17-18H2,2H3. The Kier molecular flexibility index (Phi) is 9.49. The third kappa shape index (κ3) is 8.64. The van der Waals surface area contributed by atoms with Gasteiger partial charge in [0.2, 0.25) is 0 Å². The Morgan fingerprint density at radius 3 is 2.07 bits per heavy atom. The number of esters is 2. The molecule has 0 aromatic heterocycles. The van der Waals surface area contributed by atoms with Crippen molar-refractivity contribution in [3.05, 3.63) is 72.3 Å². The molecule has 0 aliphatic carbocycles. The molecule has 2 aromatic rings. The van der Waals surface area contributed by atoms with Crippen molar-refractivity contribution in [3.63, 3.8) is 0 Å². The molecule has 0 atom stereocenters. The van der Waals surface area contributed by atoms with Gasteiger partial charge in [-0.2, -0.15) is 0 Å². The van der Waals surface area contributed by atoms with Gasteiger partial charge in [-0.25, -0.2) is 9.59 Å². The van der Waals surface area contributed by atoms with Crippen LogP contribution in [0.1, 0.15) is 48.0 Å². The molecule has 5 nitrogen and oxygen atoms in total. The molecule has 5 heteroatoms. The average molecular weight is 396 g/mol. The van der Waals surface area contributed by atoms with Crippen LogP contribution < -0.4 is 9.47 Å². The second-order valence-electron chi connectivity index (χ2n) is 6.71. The molecule has 0 fully saturated rings. The van der Waals surface area contributed by atoms with E-state index in [2.05, 4.69) is 6.58 Å². The molecule has 0 bridgehead atoms. The molecule has 0 aliphatic rings. The Morgan fingerprint density at radius 2 is 1.41 bits per heavy atom. The number of ether oxygens (including phenoxy) is 3. The molecule has 0 saturated carbocycles. The molecule has 2 rings (SSSR count). The van der Waals surface area contributed by atoms with E-state index in [1.165, 1.54) is 6.08 Å². The first-order chi connectivity index (χ1) is 14.1. The fraction of sp³-hybridized carbons (Fsp3) is 0.333. The van der Waals surface area contributed by atoms with E-state index in [4.69, 9.17) is 14.2 Å². The lowest BCUT2D eigenvalue weighted by atomic mass is 10.1. The summed E-state index contributed by atoms with van der Waals surface area (Å²) < 4.78 is 16.0. The highest BCUT2D eigenvalue weighted by molar-refractivity contribution is 5.91. The largest absolute Gasteiger partial charge is 0.494 e. The van der Waals surface area contributed by atoms with Crippen molar-refractivity contribution in [1.29, 1.82) is 0 Å². The summed E-state index contributed by atoms with van der Waals surface area (Å²) in [5.74, 6) is 0.500. The molecule has 0 heterocycles. The van der Waals surface area contributed by atoms with Crippen molar-refractivity contribution in [2.45, 2.75) is 39.0 Å². The minimum absolute atomic E-state index is 0.368. The smallest absolute Gasteiger partial charge is 0.343 e. The van der Waals surface area contributed by atoms with Gasteiger partial charge in [0, 0.05) is 6.08 Å². The maximum atomic E-state index is 12.2. The molecule has 0 radical (unpaired) electrons. The van der Waals surface area contributed by atoms with Crippen LogP contribution in [0.15, 0.2) is 61.2 Å². The molecule has 0 spiro atoms. The van der Waals surface area contributed by atoms with Crippen LogP contribution in [0, 0.1) is 6.92 Å². The van der Waals surface area contributed by atoms with Crippen molar-refractivity contribution in [2.24, 2.45) is 0 Å². The predicted octanol–water partition coefficient (Wildman–Crippen LogP) is 5.27. The monoisotopic (exact) mass is 396 g/mol. The molecular formula is C24H28O5. The Morgan fingerprint density at radius 1 is 0.828 bits per heavy atom. The van der Waals surface area contributed by atoms with Gasteiger partial charge < -0.3 is 14.2 Å². The molecule has 0 unspecified atom stereocenters. The molecule has 0 aliphatic heterocycles. The molecule has 2 aromatic carbocycles. The molecule has 0 N–H and O–H groups in total. The summed E-state index contributed by atoms with van der Waals surface area (Å²) in [5.41, 5.74) is 1.59. The van der Waals surface area contributed by atoms with Crippen molar-refractivity contribution in [2.75, 3.05) is 13.2 Å². The first-order valence-electron chi connectivity index (χ1n) is 9.89. The fourth-order valence-corrected chi connectivity index (χ4v) is 2.62. The second-order valence-corrected chi connectivity index (χ2v) is 6.71. The predicted molar refractivity (Wildman–Crippen MR) is 112 cm³/mol. The van der Waals surface area contributed by atoms with Gasteiger partial charge in [0.15, 0.2) is 0 Å². The van der Waals surface area contributed by atoms with Crippen molar-refractivity contribution in [3.8, 4) is 11.5 Å². The van der Waals surface area contributed by atoms with E-state index >= 15 is 0 Å². The van der Waals surface area contributed by atoms with Crippen LogP contribution in [-0.4, -0.2) is 25.2 Å². The summed E-state index contributed by atoms with van der Waals surface area (Å²) in [6.07, 6.45) is 6.12. The molecular weight excluding hydrogens is 368 g/mol. The van der Waals surface area contributed by atoms with E-state index in [0.29, 0.717) is 24.5 Å². The zero-order chi connectivity index (χ0) is 20.9. The van der Waals surface area contributed by atoms with Gasteiger partial charge in [0.05, 0.1) is 18.8 Å². The van der Waals surface area contributed by atoms with E-state index in [0.717, 1.165) is 43.4 Å². The Hall–Kier alpha value is -3.08. The quantitative estimate of drug-likeness (QED) is 0.212. The van der Waals surface area contributed by atoms with Crippen molar-refractivity contribution in [1.82, 2.24) is 0 Å². The number of hydrogen-bond acceptors (Lipinski definition) is 5. The van der Waals surface area contributed by atoms with Gasteiger partial charge in [0.1, 0.15) is 11.5 Å². The Labute approximate surface area is 172 Å². The summed E-state index contributed by atoms with van der Waals surface area (Å²) in [4.78, 5) is 23.1. The number of benzene rings is 2. The fourth-order valence-electron chi connectivity index (χ4n) is 2.62. The minimum Gasteiger partial charge on any atom is -0.494 e. The summed E-state index contributed by atoms with van der Waals surface area (Å²) >= 11 is 0. The highest BCUT2D eigenvalue weighted by Gasteiger charge is 2.08. The number of aryl methyl sites for hydroxylation is 1. The van der Waals surface area contributed by atoms with Gasteiger partial charge in [-0.3, -0.25) is 0 Å². The normalized spacial score (nSPS) is 10.2. The van der Waals surface area contributed by atoms with E-state index < -0.39 is 0 Å². The van der Waals surface area contributed by atoms with Gasteiger partial charge in [0.25, 0.3) is 0 Å². The Bertz CT molecular complexity index is 778. The lowest BCUT2D eigenvalue weighted by Gasteiger charge is -2.08. The number of hydrogen-bond donors (Lipinski definition) is 0. The highest BCUT2D eigenvalue weighted by Crippen LogP contribution is 2.17. The van der Waals surface area contributed by atoms with Crippen LogP contribution in [0.25, 0.3) is 0 Å². The van der Waals surface area contributed by atoms with Crippen LogP contribution in [0.4, 0.5) is 0 Å². The highest BCUT2D eigenvalue weighted by atomic mass is 16.5. The van der Waals surface area contributed by atoms with E-state index in [1.807, 2.05) is 19.1 Å². The topological polar surface area (TPSA) is 61.8 Å². The summed E-state index contributed by atoms with van der Waals surface area (Å²) in [5, 5.41) is 0. The van der Waals surface area contributed by atoms with Gasteiger partial charge in [-0.05, 0) is 56.2 Å². The first-order valence-corrected chi connectivity index (χ1v) is 9.89. The van der Waals surface area contributed by atoms with E-state index in [9.17, 15) is 9.59 Å². The molecule has 0 saturated heterocycles. The lowest BCUT2D eigenvalue weighted by molar-refractivity contribution is -0.137. The summed E-state index contributed by atoms with van der Waals surface area (Å²) in [6.45, 7) is 6.40. The second kappa shape index (κ2) is 12.4. The summed E-state index contributed by atoms with van der Waals surface area (Å²) in [7, 11) is 0. The van der Waals surface area contributed by atoms with Gasteiger partial charge in [-0.15, -0.1) is 0 Å². The lowest BCUT2D eigenvalue weighted by Crippen LogP contribution is -2.08. The third-order valence-corrected chi connectivity index (χ3v) is 4.29. The summed E-state index contributed by atoms with van der Waals surface area (Å²) in [6, 6.07) is 14.3. The molecule has 154 valence electrons. The molecule has 0 amide bonds. The number of carbonyl (C=O) groups excluding carboxylic acids is 2. The van der Waals surface area contributed by atoms with Crippen LogP contribution in [0.5, 0.6) is 11.5 Å². The van der Waals surface area contributed by atoms with Gasteiger partial charge >= 0.3 is 11.9 Å².